The molecule has 1 fully saturated rings. The van der Waals surface area contributed by atoms with Crippen LogP contribution in [0.1, 0.15) is 55.9 Å². The van der Waals surface area contributed by atoms with E-state index in [0.29, 0.717) is 34.3 Å². The fraction of sp³-hybridized carbons (Fsp3) is 0.370. The molecule has 0 radical (unpaired) electrons. The quantitative estimate of drug-likeness (QED) is 0.381. The van der Waals surface area contributed by atoms with Crippen molar-refractivity contribution in [2.75, 3.05) is 0 Å². The Morgan fingerprint density at radius 2 is 1.79 bits per heavy atom. The molecule has 1 aromatic heterocycles. The highest BCUT2D eigenvalue weighted by Crippen LogP contribution is 2.52. The topological polar surface area (TPSA) is 53.7 Å². The van der Waals surface area contributed by atoms with Gasteiger partial charge in [0.05, 0.1) is 12.8 Å². The predicted molar refractivity (Wildman–Crippen MR) is 132 cm³/mol. The number of carbonyl (C=O) groups is 1. The lowest BCUT2D eigenvalue weighted by molar-refractivity contribution is -0.143. The molecule has 180 valence electrons. The summed E-state index contributed by atoms with van der Waals surface area (Å²) in [6, 6.07) is 14.3. The minimum atomic E-state index is -0.965. The van der Waals surface area contributed by atoms with Gasteiger partial charge < -0.3 is 9.52 Å². The van der Waals surface area contributed by atoms with Crippen molar-refractivity contribution in [2.24, 2.45) is 5.41 Å². The van der Waals surface area contributed by atoms with E-state index in [1.807, 2.05) is 17.0 Å². The van der Waals surface area contributed by atoms with E-state index in [2.05, 4.69) is 20.8 Å². The maximum absolute atomic E-state index is 15.4. The van der Waals surface area contributed by atoms with Crippen LogP contribution in [0.3, 0.4) is 0 Å². The van der Waals surface area contributed by atoms with E-state index in [1.54, 1.807) is 42.7 Å². The van der Waals surface area contributed by atoms with E-state index >= 15 is 4.39 Å². The number of furan rings is 1. The summed E-state index contributed by atoms with van der Waals surface area (Å²) in [5.41, 5.74) is 1.08. The summed E-state index contributed by atoms with van der Waals surface area (Å²) in [5.74, 6) is -1.72. The van der Waals surface area contributed by atoms with Gasteiger partial charge in [0.25, 0.3) is 0 Å². The highest BCUT2D eigenvalue weighted by molar-refractivity contribution is 6.30. The van der Waals surface area contributed by atoms with Crippen molar-refractivity contribution in [2.45, 2.75) is 57.7 Å². The Balaban J connectivity index is 1.94. The summed E-state index contributed by atoms with van der Waals surface area (Å²) < 4.78 is 21.0. The molecule has 0 amide bonds. The Morgan fingerprint density at radius 3 is 2.38 bits per heavy atom. The first kappa shape index (κ1) is 24.8. The van der Waals surface area contributed by atoms with Gasteiger partial charge in [0.2, 0.25) is 0 Å². The Kier molecular flexibility index (Phi) is 7.09. The first-order valence-corrected chi connectivity index (χ1v) is 12.0. The van der Waals surface area contributed by atoms with Crippen LogP contribution in [0.25, 0.3) is 0 Å². The van der Waals surface area contributed by atoms with Gasteiger partial charge in [0.1, 0.15) is 17.6 Å². The van der Waals surface area contributed by atoms with Crippen LogP contribution in [0.2, 0.25) is 10.0 Å². The minimum absolute atomic E-state index is 0.139. The van der Waals surface area contributed by atoms with Crippen molar-refractivity contribution >= 4 is 29.2 Å². The van der Waals surface area contributed by atoms with Crippen LogP contribution < -0.4 is 0 Å². The van der Waals surface area contributed by atoms with E-state index in [4.69, 9.17) is 27.6 Å². The maximum atomic E-state index is 15.4. The van der Waals surface area contributed by atoms with E-state index in [9.17, 15) is 9.90 Å². The van der Waals surface area contributed by atoms with Crippen molar-refractivity contribution in [1.29, 1.82) is 0 Å². The molecule has 0 aliphatic carbocycles. The number of hydrogen-bond acceptors (Lipinski definition) is 3. The van der Waals surface area contributed by atoms with Crippen LogP contribution in [-0.2, 0) is 11.3 Å². The van der Waals surface area contributed by atoms with E-state index in [-0.39, 0.29) is 11.5 Å². The average molecular weight is 504 g/mol. The minimum Gasteiger partial charge on any atom is -0.480 e. The number of halogens is 3. The van der Waals surface area contributed by atoms with Gasteiger partial charge in [-0.25, -0.2) is 4.39 Å². The average Bonchev–Trinajstić information content (AvgIpc) is 3.34. The van der Waals surface area contributed by atoms with Crippen LogP contribution in [0.15, 0.2) is 65.3 Å². The summed E-state index contributed by atoms with van der Waals surface area (Å²) in [7, 11) is 0. The summed E-state index contributed by atoms with van der Waals surface area (Å²) >= 11 is 12.4. The molecule has 3 aromatic rings. The SMILES string of the molecule is CC(C)(C)CC1C(c2ccc(Cl)cc2F)C(c2cccc(Cl)c2)C(C(=O)O)N1Cc1ccco1. The normalized spacial score (nSPS) is 23.4. The predicted octanol–water partition coefficient (Wildman–Crippen LogP) is 7.37. The van der Waals surface area contributed by atoms with Gasteiger partial charge in [0, 0.05) is 27.9 Å². The van der Waals surface area contributed by atoms with Crippen molar-refractivity contribution in [3.05, 3.63) is 93.6 Å². The number of aliphatic carboxylic acids is 1. The number of rotatable bonds is 6. The number of nitrogens with zero attached hydrogens (tertiary/aromatic N) is 1. The first-order chi connectivity index (χ1) is 16.0. The molecule has 0 bridgehead atoms. The van der Waals surface area contributed by atoms with Gasteiger partial charge in [-0.05, 0) is 59.4 Å². The molecule has 1 aliphatic rings. The van der Waals surface area contributed by atoms with E-state index in [0.717, 1.165) is 5.56 Å². The zero-order valence-corrected chi connectivity index (χ0v) is 20.9. The summed E-state index contributed by atoms with van der Waals surface area (Å²) in [4.78, 5) is 14.8. The van der Waals surface area contributed by atoms with Gasteiger partial charge in [0.15, 0.2) is 0 Å². The van der Waals surface area contributed by atoms with Crippen LogP contribution in [0.5, 0.6) is 0 Å². The summed E-state index contributed by atoms with van der Waals surface area (Å²) in [6.07, 6.45) is 2.23. The highest BCUT2D eigenvalue weighted by Gasteiger charge is 2.54. The third kappa shape index (κ3) is 5.17. The van der Waals surface area contributed by atoms with Gasteiger partial charge in [-0.2, -0.15) is 0 Å². The van der Waals surface area contributed by atoms with Gasteiger partial charge in [-0.1, -0.05) is 62.2 Å². The fourth-order valence-corrected chi connectivity index (χ4v) is 5.65. The largest absolute Gasteiger partial charge is 0.480 e. The van der Waals surface area contributed by atoms with Crippen LogP contribution in [-0.4, -0.2) is 28.1 Å². The number of benzene rings is 2. The molecule has 2 heterocycles. The zero-order chi connectivity index (χ0) is 24.6. The van der Waals surface area contributed by atoms with Crippen LogP contribution in [0, 0.1) is 11.2 Å². The van der Waals surface area contributed by atoms with Gasteiger partial charge in [-0.3, -0.25) is 9.69 Å². The second-order valence-corrected chi connectivity index (χ2v) is 11.0. The van der Waals surface area contributed by atoms with Gasteiger partial charge in [-0.15, -0.1) is 0 Å². The lowest BCUT2D eigenvalue weighted by atomic mass is 9.74. The maximum Gasteiger partial charge on any atom is 0.321 e. The van der Waals surface area contributed by atoms with E-state index in [1.165, 1.54) is 6.07 Å². The standard InChI is InChI=1S/C27H28Cl2FNO3/c1-27(2,3)14-22-24(20-10-9-18(29)13-21(20)30)23(16-6-4-7-17(28)12-16)25(26(32)33)31(22)15-19-8-5-11-34-19/h4-13,22-25H,14-15H2,1-3H3,(H,32,33). The lowest BCUT2D eigenvalue weighted by Gasteiger charge is -2.34. The number of hydrogen-bond donors (Lipinski definition) is 1. The molecule has 7 heteroatoms. The summed E-state index contributed by atoms with van der Waals surface area (Å²) in [6.45, 7) is 6.62. The van der Waals surface area contributed by atoms with Gasteiger partial charge >= 0.3 is 5.97 Å². The molecule has 4 atom stereocenters. The fourth-order valence-electron chi connectivity index (χ4n) is 5.30. The molecule has 1 aliphatic heterocycles. The molecule has 2 aromatic carbocycles. The number of likely N-dealkylation sites (tertiary alicyclic amines) is 1. The molecule has 0 spiro atoms. The Hall–Kier alpha value is -2.34. The summed E-state index contributed by atoms with van der Waals surface area (Å²) in [5, 5.41) is 11.3. The number of carboxylic acid groups (broad SMARTS) is 1. The molecular weight excluding hydrogens is 476 g/mol. The molecule has 34 heavy (non-hydrogen) atoms. The van der Waals surface area contributed by atoms with Crippen molar-refractivity contribution < 1.29 is 18.7 Å². The number of carboxylic acids is 1. The van der Waals surface area contributed by atoms with Crippen molar-refractivity contribution in [3.8, 4) is 0 Å². The first-order valence-electron chi connectivity index (χ1n) is 11.3. The second kappa shape index (κ2) is 9.73. The molecular formula is C27H28Cl2FNO3. The molecule has 0 saturated carbocycles. The van der Waals surface area contributed by atoms with Crippen molar-refractivity contribution in [3.63, 3.8) is 0 Å². The second-order valence-electron chi connectivity index (χ2n) is 10.1. The lowest BCUT2D eigenvalue weighted by Crippen LogP contribution is -2.43. The monoisotopic (exact) mass is 503 g/mol. The Bertz CT molecular complexity index is 1160. The Morgan fingerprint density at radius 1 is 1.06 bits per heavy atom. The highest BCUT2D eigenvalue weighted by atomic mass is 35.5. The van der Waals surface area contributed by atoms with Crippen molar-refractivity contribution in [1.82, 2.24) is 4.90 Å². The third-order valence-corrected chi connectivity index (χ3v) is 6.94. The van der Waals surface area contributed by atoms with Crippen LogP contribution >= 0.6 is 23.2 Å². The molecule has 4 rings (SSSR count). The zero-order valence-electron chi connectivity index (χ0n) is 19.3. The third-order valence-electron chi connectivity index (χ3n) is 6.47. The molecule has 4 unspecified atom stereocenters. The van der Waals surface area contributed by atoms with Crippen LogP contribution in [0.4, 0.5) is 4.39 Å². The Labute approximate surface area is 209 Å². The molecule has 4 nitrogen and oxygen atoms in total. The smallest absolute Gasteiger partial charge is 0.321 e. The van der Waals surface area contributed by atoms with E-state index < -0.39 is 29.7 Å². The molecule has 1 N–H and O–H groups in total. The molecule has 1 saturated heterocycles.